The van der Waals surface area contributed by atoms with E-state index in [0.29, 0.717) is 11.1 Å². The van der Waals surface area contributed by atoms with Gasteiger partial charge in [0, 0.05) is 30.6 Å². The number of benzene rings is 2. The topological polar surface area (TPSA) is 128 Å². The van der Waals surface area contributed by atoms with Gasteiger partial charge in [-0.25, -0.2) is 19.4 Å². The Kier molecular flexibility index (Phi) is 6.18. The Bertz CT molecular complexity index is 1660. The fourth-order valence-electron chi connectivity index (χ4n) is 3.97. The average molecular weight is 558 g/mol. The Morgan fingerprint density at radius 3 is 2.46 bits per heavy atom. The van der Waals surface area contributed by atoms with Crippen molar-refractivity contribution >= 4 is 44.9 Å². The second kappa shape index (κ2) is 9.21. The number of halogens is 2. The SMILES string of the molecule is CN1C(=O)C(c2cccc(OS(=O)(=O)c3ccc(Cl)s3)c2)(c2ccc(F)c(-c3cncnc3)c2)N=C1N. The minimum atomic E-state index is -4.19. The van der Waals surface area contributed by atoms with E-state index in [0.717, 1.165) is 11.3 Å². The average Bonchev–Trinajstić information content (AvgIpc) is 3.43. The van der Waals surface area contributed by atoms with Gasteiger partial charge in [-0.2, -0.15) is 8.42 Å². The van der Waals surface area contributed by atoms with Crippen LogP contribution in [-0.2, 0) is 20.5 Å². The van der Waals surface area contributed by atoms with Gasteiger partial charge in [0.2, 0.25) is 0 Å². The number of nitrogens with two attached hydrogens (primary N) is 1. The van der Waals surface area contributed by atoms with Crippen LogP contribution >= 0.6 is 22.9 Å². The van der Waals surface area contributed by atoms with Gasteiger partial charge in [0.1, 0.15) is 17.9 Å². The van der Waals surface area contributed by atoms with Crippen molar-refractivity contribution in [2.75, 3.05) is 7.05 Å². The summed E-state index contributed by atoms with van der Waals surface area (Å²) in [5, 5.41) is 0. The molecular formula is C24H17ClFN5O4S2. The van der Waals surface area contributed by atoms with Crippen LogP contribution in [0.3, 0.4) is 0 Å². The monoisotopic (exact) mass is 557 g/mol. The highest BCUT2D eigenvalue weighted by atomic mass is 35.5. The van der Waals surface area contributed by atoms with Crippen LogP contribution in [0.2, 0.25) is 4.34 Å². The molecule has 5 rings (SSSR count). The lowest BCUT2D eigenvalue weighted by Gasteiger charge is -2.27. The van der Waals surface area contributed by atoms with Gasteiger partial charge < -0.3 is 9.92 Å². The lowest BCUT2D eigenvalue weighted by atomic mass is 9.81. The summed E-state index contributed by atoms with van der Waals surface area (Å²) >= 11 is 6.72. The van der Waals surface area contributed by atoms with Gasteiger partial charge in [0.05, 0.1) is 4.34 Å². The highest BCUT2D eigenvalue weighted by Gasteiger charge is 2.50. The van der Waals surface area contributed by atoms with Crippen LogP contribution in [0.25, 0.3) is 11.1 Å². The van der Waals surface area contributed by atoms with Crippen LogP contribution in [0.4, 0.5) is 4.39 Å². The smallest absolute Gasteiger partial charge is 0.348 e. The molecular weight excluding hydrogens is 541 g/mol. The molecule has 1 amide bonds. The summed E-state index contributed by atoms with van der Waals surface area (Å²) in [6.45, 7) is 0. The minimum Gasteiger partial charge on any atom is -0.378 e. The Morgan fingerprint density at radius 2 is 1.81 bits per heavy atom. The van der Waals surface area contributed by atoms with Crippen LogP contribution in [0.5, 0.6) is 5.75 Å². The van der Waals surface area contributed by atoms with Gasteiger partial charge in [0.15, 0.2) is 15.7 Å². The first kappa shape index (κ1) is 24.8. The molecule has 0 bridgehead atoms. The number of hydrogen-bond donors (Lipinski definition) is 1. The molecule has 0 saturated heterocycles. The summed E-state index contributed by atoms with van der Waals surface area (Å²) in [5.74, 6) is -1.19. The number of amides is 1. The standard InChI is InChI=1S/C24H17ClFN5O4S2/c1-31-22(32)24(30-23(31)27,16-5-6-19(26)18(10-16)14-11-28-13-29-12-14)15-3-2-4-17(9-15)35-37(33,34)21-8-7-20(25)36-21/h2-13H,1H3,(H2,27,30). The van der Waals surface area contributed by atoms with E-state index in [1.807, 2.05) is 0 Å². The number of nitrogens with zero attached hydrogens (tertiary/aromatic N) is 4. The van der Waals surface area contributed by atoms with Gasteiger partial charge in [-0.15, -0.1) is 11.3 Å². The molecule has 2 N–H and O–H groups in total. The van der Waals surface area contributed by atoms with Crippen molar-refractivity contribution < 1.29 is 21.8 Å². The van der Waals surface area contributed by atoms with Crippen molar-refractivity contribution in [3.63, 3.8) is 0 Å². The number of thiophene rings is 1. The molecule has 1 unspecified atom stereocenters. The first-order valence-electron chi connectivity index (χ1n) is 10.6. The number of aliphatic imine (C=N–C) groups is 1. The van der Waals surface area contributed by atoms with E-state index in [-0.39, 0.29) is 31.4 Å². The summed E-state index contributed by atoms with van der Waals surface area (Å²) in [4.78, 5) is 27.2. The lowest BCUT2D eigenvalue weighted by molar-refractivity contribution is -0.129. The van der Waals surface area contributed by atoms with Crippen molar-refractivity contribution in [2.45, 2.75) is 9.75 Å². The quantitative estimate of drug-likeness (QED) is 0.357. The number of aromatic nitrogens is 2. The van der Waals surface area contributed by atoms with Crippen molar-refractivity contribution in [1.82, 2.24) is 14.9 Å². The maximum atomic E-state index is 14.8. The zero-order valence-corrected chi connectivity index (χ0v) is 21.4. The highest BCUT2D eigenvalue weighted by Crippen LogP contribution is 2.42. The van der Waals surface area contributed by atoms with Crippen LogP contribution in [0, 0.1) is 5.82 Å². The molecule has 0 fully saturated rings. The maximum absolute atomic E-state index is 14.8. The van der Waals surface area contributed by atoms with Crippen LogP contribution < -0.4 is 9.92 Å². The van der Waals surface area contributed by atoms with Crippen molar-refractivity contribution in [3.8, 4) is 16.9 Å². The van der Waals surface area contributed by atoms with E-state index in [1.165, 1.54) is 79.2 Å². The molecule has 1 aliphatic heterocycles. The Labute approximate surface area is 220 Å². The van der Waals surface area contributed by atoms with Gasteiger partial charge in [-0.3, -0.25) is 9.69 Å². The van der Waals surface area contributed by atoms with Gasteiger partial charge in [-0.05, 0) is 47.5 Å². The third-order valence-corrected chi connectivity index (χ3v) is 8.68. The van der Waals surface area contributed by atoms with E-state index in [1.54, 1.807) is 6.07 Å². The van der Waals surface area contributed by atoms with Crippen molar-refractivity contribution in [1.29, 1.82) is 0 Å². The molecule has 37 heavy (non-hydrogen) atoms. The normalized spacial score (nSPS) is 17.6. The molecule has 4 aromatic rings. The maximum Gasteiger partial charge on any atom is 0.348 e. The predicted octanol–water partition coefficient (Wildman–Crippen LogP) is 3.80. The predicted molar refractivity (Wildman–Crippen MR) is 136 cm³/mol. The van der Waals surface area contributed by atoms with Crippen molar-refractivity contribution in [3.05, 3.63) is 94.6 Å². The Morgan fingerprint density at radius 1 is 1.08 bits per heavy atom. The van der Waals surface area contributed by atoms with E-state index in [9.17, 15) is 17.6 Å². The molecule has 0 saturated carbocycles. The molecule has 0 spiro atoms. The summed E-state index contributed by atoms with van der Waals surface area (Å²) in [6, 6.07) is 12.8. The van der Waals surface area contributed by atoms with Gasteiger partial charge in [0.25, 0.3) is 5.91 Å². The number of hydrogen-bond acceptors (Lipinski definition) is 9. The number of guanidine groups is 1. The third kappa shape index (κ3) is 4.32. The summed E-state index contributed by atoms with van der Waals surface area (Å²) in [7, 11) is -2.72. The molecule has 2 aromatic heterocycles. The molecule has 1 atom stereocenters. The van der Waals surface area contributed by atoms with E-state index in [4.69, 9.17) is 21.5 Å². The molecule has 188 valence electrons. The molecule has 9 nitrogen and oxygen atoms in total. The Balaban J connectivity index is 1.65. The zero-order chi connectivity index (χ0) is 26.4. The van der Waals surface area contributed by atoms with Crippen LogP contribution in [-0.4, -0.2) is 42.2 Å². The molecule has 13 heteroatoms. The van der Waals surface area contributed by atoms with Gasteiger partial charge >= 0.3 is 10.1 Å². The first-order valence-corrected chi connectivity index (χ1v) is 13.2. The summed E-state index contributed by atoms with van der Waals surface area (Å²) in [5.41, 5.74) is 5.42. The third-order valence-electron chi connectivity index (χ3n) is 5.75. The summed E-state index contributed by atoms with van der Waals surface area (Å²) < 4.78 is 45.9. The fraction of sp³-hybridized carbons (Fsp3) is 0.0833. The zero-order valence-electron chi connectivity index (χ0n) is 19.0. The van der Waals surface area contributed by atoms with E-state index < -0.39 is 27.4 Å². The van der Waals surface area contributed by atoms with E-state index in [2.05, 4.69) is 15.0 Å². The number of rotatable bonds is 6. The number of carbonyl (C=O) groups excluding carboxylic acids is 1. The molecule has 0 radical (unpaired) electrons. The molecule has 1 aliphatic rings. The number of carbonyl (C=O) groups is 1. The van der Waals surface area contributed by atoms with Crippen molar-refractivity contribution in [2.24, 2.45) is 10.7 Å². The molecule has 3 heterocycles. The largest absolute Gasteiger partial charge is 0.378 e. The Hall–Kier alpha value is -3.87. The number of likely N-dealkylation sites (N-methyl/N-ethyl adjacent to an activating group) is 1. The van der Waals surface area contributed by atoms with Crippen LogP contribution in [0.15, 0.2) is 82.5 Å². The molecule has 0 aliphatic carbocycles. The minimum absolute atomic E-state index is 0.0590. The van der Waals surface area contributed by atoms with Crippen LogP contribution in [0.1, 0.15) is 11.1 Å². The second-order valence-corrected chi connectivity index (χ2v) is 11.5. The fourth-order valence-corrected chi connectivity index (χ4v) is 6.33. The molecule has 2 aromatic carbocycles. The second-order valence-electron chi connectivity index (χ2n) is 7.99. The van der Waals surface area contributed by atoms with E-state index >= 15 is 0 Å². The highest BCUT2D eigenvalue weighted by molar-refractivity contribution is 7.89. The summed E-state index contributed by atoms with van der Waals surface area (Å²) in [6.07, 6.45) is 4.20. The first-order chi connectivity index (χ1) is 17.6. The van der Waals surface area contributed by atoms with Gasteiger partial charge in [-0.1, -0.05) is 29.8 Å². The lowest BCUT2D eigenvalue weighted by Crippen LogP contribution is -2.41.